The molecule has 0 bridgehead atoms. The van der Waals surface area contributed by atoms with Crippen LogP contribution < -0.4 is 10.5 Å². The van der Waals surface area contributed by atoms with Crippen LogP contribution in [0.5, 0.6) is 11.5 Å². The Morgan fingerprint density at radius 3 is 2.48 bits per heavy atom. The molecular formula is C17H19ClFNO. The smallest absolute Gasteiger partial charge is 0.142 e. The molecule has 2 rings (SSSR count). The van der Waals surface area contributed by atoms with Crippen molar-refractivity contribution >= 4 is 11.6 Å². The van der Waals surface area contributed by atoms with Crippen LogP contribution in [0.1, 0.15) is 24.5 Å². The third-order valence-electron chi connectivity index (χ3n) is 3.45. The summed E-state index contributed by atoms with van der Waals surface area (Å²) < 4.78 is 18.8. The van der Waals surface area contributed by atoms with E-state index in [1.54, 1.807) is 6.07 Å². The van der Waals surface area contributed by atoms with Crippen molar-refractivity contribution in [3.05, 3.63) is 58.4 Å². The molecular weight excluding hydrogens is 289 g/mol. The number of aryl methyl sites for hydroxylation is 1. The van der Waals surface area contributed by atoms with Crippen LogP contribution in [-0.4, -0.2) is 6.04 Å². The van der Waals surface area contributed by atoms with Crippen molar-refractivity contribution in [3.8, 4) is 11.5 Å². The van der Waals surface area contributed by atoms with E-state index in [1.165, 1.54) is 17.7 Å². The molecule has 21 heavy (non-hydrogen) atoms. The Labute approximate surface area is 129 Å². The monoisotopic (exact) mass is 307 g/mol. The van der Waals surface area contributed by atoms with Crippen LogP contribution in [0.25, 0.3) is 0 Å². The maximum absolute atomic E-state index is 13.1. The molecule has 1 unspecified atom stereocenters. The van der Waals surface area contributed by atoms with Gasteiger partial charge in [-0.05, 0) is 55.2 Å². The zero-order chi connectivity index (χ0) is 15.4. The van der Waals surface area contributed by atoms with Crippen molar-refractivity contribution in [2.45, 2.75) is 32.7 Å². The molecule has 0 spiro atoms. The SMILES string of the molecule is CCC(N)Cc1ccc(Oc2ccc(F)c(Cl)c2)cc1C. The van der Waals surface area contributed by atoms with E-state index in [2.05, 4.69) is 6.92 Å². The van der Waals surface area contributed by atoms with Crippen LogP contribution in [0.15, 0.2) is 36.4 Å². The van der Waals surface area contributed by atoms with Gasteiger partial charge in [-0.15, -0.1) is 0 Å². The fraction of sp³-hybridized carbons (Fsp3) is 0.294. The lowest BCUT2D eigenvalue weighted by atomic mass is 10.00. The molecule has 1 atom stereocenters. The summed E-state index contributed by atoms with van der Waals surface area (Å²) in [6.45, 7) is 4.11. The van der Waals surface area contributed by atoms with E-state index in [1.807, 2.05) is 25.1 Å². The minimum absolute atomic E-state index is 0.0507. The standard InChI is InChI=1S/C17H19ClFNO/c1-3-13(20)9-12-4-5-14(8-11(12)2)21-15-6-7-17(19)16(18)10-15/h4-8,10,13H,3,9,20H2,1-2H3. The molecule has 2 aromatic rings. The third kappa shape index (κ3) is 4.19. The third-order valence-corrected chi connectivity index (χ3v) is 3.74. The number of nitrogens with two attached hydrogens (primary N) is 1. The molecule has 2 nitrogen and oxygen atoms in total. The number of ether oxygens (including phenoxy) is 1. The van der Waals surface area contributed by atoms with Crippen LogP contribution in [0.4, 0.5) is 4.39 Å². The van der Waals surface area contributed by atoms with Crippen molar-refractivity contribution in [2.75, 3.05) is 0 Å². The van der Waals surface area contributed by atoms with Crippen molar-refractivity contribution < 1.29 is 9.13 Å². The molecule has 2 aromatic carbocycles. The second-order valence-corrected chi connectivity index (χ2v) is 5.55. The lowest BCUT2D eigenvalue weighted by molar-refractivity contribution is 0.480. The minimum atomic E-state index is -0.455. The van der Waals surface area contributed by atoms with Gasteiger partial charge in [0.1, 0.15) is 17.3 Å². The first-order chi connectivity index (χ1) is 9.99. The molecule has 2 N–H and O–H groups in total. The van der Waals surface area contributed by atoms with Crippen LogP contribution in [0.2, 0.25) is 5.02 Å². The first kappa shape index (κ1) is 15.8. The molecule has 4 heteroatoms. The molecule has 0 fully saturated rings. The quantitative estimate of drug-likeness (QED) is 0.856. The highest BCUT2D eigenvalue weighted by Gasteiger charge is 2.07. The Bertz CT molecular complexity index is 630. The number of rotatable bonds is 5. The second kappa shape index (κ2) is 6.92. The predicted molar refractivity (Wildman–Crippen MR) is 84.6 cm³/mol. The number of hydrogen-bond donors (Lipinski definition) is 1. The summed E-state index contributed by atoms with van der Waals surface area (Å²) in [6, 6.07) is 10.3. The molecule has 0 aliphatic heterocycles. The maximum Gasteiger partial charge on any atom is 0.142 e. The molecule has 0 radical (unpaired) electrons. The Hall–Kier alpha value is -1.58. The van der Waals surface area contributed by atoms with Crippen molar-refractivity contribution in [3.63, 3.8) is 0 Å². The number of halogens is 2. The molecule has 0 heterocycles. The van der Waals surface area contributed by atoms with Gasteiger partial charge in [0.2, 0.25) is 0 Å². The summed E-state index contributed by atoms with van der Waals surface area (Å²) in [5, 5.41) is 0.0507. The van der Waals surface area contributed by atoms with Crippen LogP contribution in [0.3, 0.4) is 0 Å². The van der Waals surface area contributed by atoms with Gasteiger partial charge in [0.05, 0.1) is 5.02 Å². The summed E-state index contributed by atoms with van der Waals surface area (Å²) in [7, 11) is 0. The number of hydrogen-bond acceptors (Lipinski definition) is 2. The zero-order valence-electron chi connectivity index (χ0n) is 12.2. The Balaban J connectivity index is 2.14. The van der Waals surface area contributed by atoms with Gasteiger partial charge in [0, 0.05) is 12.1 Å². The largest absolute Gasteiger partial charge is 0.457 e. The van der Waals surface area contributed by atoms with E-state index in [9.17, 15) is 4.39 Å². The molecule has 0 amide bonds. The lowest BCUT2D eigenvalue weighted by Gasteiger charge is -2.13. The maximum atomic E-state index is 13.1. The van der Waals surface area contributed by atoms with E-state index >= 15 is 0 Å². The fourth-order valence-corrected chi connectivity index (χ4v) is 2.23. The van der Waals surface area contributed by atoms with Crippen molar-refractivity contribution in [1.29, 1.82) is 0 Å². The zero-order valence-corrected chi connectivity index (χ0v) is 13.0. The molecule has 0 saturated carbocycles. The van der Waals surface area contributed by atoms with Gasteiger partial charge in [-0.3, -0.25) is 0 Å². The van der Waals surface area contributed by atoms with Crippen LogP contribution >= 0.6 is 11.6 Å². The first-order valence-corrected chi connectivity index (χ1v) is 7.35. The van der Waals surface area contributed by atoms with E-state index in [0.717, 1.165) is 18.4 Å². The molecule has 112 valence electrons. The summed E-state index contributed by atoms with van der Waals surface area (Å²) in [6.07, 6.45) is 1.80. The molecule has 0 aliphatic rings. The van der Waals surface area contributed by atoms with E-state index in [0.29, 0.717) is 11.5 Å². The number of benzene rings is 2. The van der Waals surface area contributed by atoms with Gasteiger partial charge < -0.3 is 10.5 Å². The Morgan fingerprint density at radius 1 is 1.19 bits per heavy atom. The summed E-state index contributed by atoms with van der Waals surface area (Å²) in [5.74, 6) is 0.756. The van der Waals surface area contributed by atoms with E-state index < -0.39 is 5.82 Å². The van der Waals surface area contributed by atoms with Crippen LogP contribution in [0, 0.1) is 12.7 Å². The van der Waals surface area contributed by atoms with Crippen molar-refractivity contribution in [2.24, 2.45) is 5.73 Å². The normalized spacial score (nSPS) is 12.2. The topological polar surface area (TPSA) is 35.2 Å². The van der Waals surface area contributed by atoms with Crippen LogP contribution in [-0.2, 0) is 6.42 Å². The fourth-order valence-electron chi connectivity index (χ4n) is 2.06. The second-order valence-electron chi connectivity index (χ2n) is 5.14. The Morgan fingerprint density at radius 2 is 1.86 bits per heavy atom. The van der Waals surface area contributed by atoms with E-state index in [4.69, 9.17) is 22.1 Å². The first-order valence-electron chi connectivity index (χ1n) is 6.97. The highest BCUT2D eigenvalue weighted by atomic mass is 35.5. The Kier molecular flexibility index (Phi) is 5.21. The molecule has 0 aliphatic carbocycles. The highest BCUT2D eigenvalue weighted by molar-refractivity contribution is 6.30. The highest BCUT2D eigenvalue weighted by Crippen LogP contribution is 2.27. The lowest BCUT2D eigenvalue weighted by Crippen LogP contribution is -2.21. The van der Waals surface area contributed by atoms with Gasteiger partial charge in [0.15, 0.2) is 0 Å². The van der Waals surface area contributed by atoms with E-state index in [-0.39, 0.29) is 11.1 Å². The van der Waals surface area contributed by atoms with Gasteiger partial charge in [-0.2, -0.15) is 0 Å². The summed E-state index contributed by atoms with van der Waals surface area (Å²) in [5.41, 5.74) is 8.33. The predicted octanol–water partition coefficient (Wildman–Crippen LogP) is 4.86. The minimum Gasteiger partial charge on any atom is -0.457 e. The average molecular weight is 308 g/mol. The molecule has 0 aromatic heterocycles. The summed E-state index contributed by atoms with van der Waals surface area (Å²) in [4.78, 5) is 0. The van der Waals surface area contributed by atoms with Gasteiger partial charge in [-0.25, -0.2) is 4.39 Å². The van der Waals surface area contributed by atoms with Gasteiger partial charge >= 0.3 is 0 Å². The van der Waals surface area contributed by atoms with Gasteiger partial charge in [-0.1, -0.05) is 24.6 Å². The summed E-state index contributed by atoms with van der Waals surface area (Å²) >= 11 is 5.74. The average Bonchev–Trinajstić information content (AvgIpc) is 2.45. The molecule has 0 saturated heterocycles. The van der Waals surface area contributed by atoms with Crippen molar-refractivity contribution in [1.82, 2.24) is 0 Å². The van der Waals surface area contributed by atoms with Gasteiger partial charge in [0.25, 0.3) is 0 Å².